The number of alkyl halides is 1. The average molecular weight is 431 g/mol. The molecule has 0 saturated heterocycles. The molecule has 0 spiro atoms. The Morgan fingerprint density at radius 3 is 2.57 bits per heavy atom. The highest BCUT2D eigenvalue weighted by Gasteiger charge is 2.38. The Morgan fingerprint density at radius 1 is 1.20 bits per heavy atom. The topological polar surface area (TPSA) is 79.7 Å². The van der Waals surface area contributed by atoms with Crippen LogP contribution in [0.1, 0.15) is 74.8 Å². The Labute approximate surface area is 178 Å². The molecular formula is C21H27FN6OS. The molecule has 1 N–H and O–H groups in total. The van der Waals surface area contributed by atoms with Crippen LogP contribution in [0.2, 0.25) is 0 Å². The molecule has 0 aromatic carbocycles. The summed E-state index contributed by atoms with van der Waals surface area (Å²) in [6.45, 7) is 1.67. The molecule has 2 aliphatic rings. The molecule has 30 heavy (non-hydrogen) atoms. The molecule has 3 aromatic rings. The van der Waals surface area contributed by atoms with Crippen molar-refractivity contribution in [2.45, 2.75) is 69.0 Å². The lowest BCUT2D eigenvalue weighted by molar-refractivity contribution is 0.103. The number of H-pyrrole nitrogens is 1. The van der Waals surface area contributed by atoms with E-state index in [0.29, 0.717) is 36.7 Å². The first-order chi connectivity index (χ1) is 14.3. The number of hydrogen-bond donors (Lipinski definition) is 1. The number of nitrogens with one attached hydrogen (secondary N) is 1. The third-order valence-electron chi connectivity index (χ3n) is 6.72. The lowest BCUT2D eigenvalue weighted by atomic mass is 9.71. The zero-order chi connectivity index (χ0) is 21.0. The fourth-order valence-corrected chi connectivity index (χ4v) is 5.50. The molecule has 3 aromatic heterocycles. The van der Waals surface area contributed by atoms with Crippen molar-refractivity contribution in [1.29, 1.82) is 0 Å². The Kier molecular flexibility index (Phi) is 4.68. The smallest absolute Gasteiger partial charge is 0.262 e. The van der Waals surface area contributed by atoms with Crippen LogP contribution in [0.4, 0.5) is 9.52 Å². The molecule has 7 nitrogen and oxygen atoms in total. The van der Waals surface area contributed by atoms with E-state index >= 15 is 0 Å². The van der Waals surface area contributed by atoms with Gasteiger partial charge in [0.2, 0.25) is 0 Å². The Hall–Kier alpha value is -2.29. The van der Waals surface area contributed by atoms with E-state index in [1.54, 1.807) is 24.5 Å². The van der Waals surface area contributed by atoms with Crippen molar-refractivity contribution < 1.29 is 4.39 Å². The van der Waals surface area contributed by atoms with E-state index in [0.717, 1.165) is 29.5 Å². The van der Waals surface area contributed by atoms with Crippen molar-refractivity contribution in [3.63, 3.8) is 0 Å². The summed E-state index contributed by atoms with van der Waals surface area (Å²) in [5, 5.41) is 8.08. The van der Waals surface area contributed by atoms with Crippen molar-refractivity contribution in [2.75, 3.05) is 19.0 Å². The van der Waals surface area contributed by atoms with E-state index in [1.165, 1.54) is 0 Å². The number of hydrogen-bond acceptors (Lipinski definition) is 6. The van der Waals surface area contributed by atoms with E-state index in [9.17, 15) is 9.18 Å². The summed E-state index contributed by atoms with van der Waals surface area (Å²) in [7, 11) is 3.98. The first-order valence-electron chi connectivity index (χ1n) is 10.6. The Balaban J connectivity index is 1.46. The van der Waals surface area contributed by atoms with Gasteiger partial charge < -0.3 is 9.88 Å². The lowest BCUT2D eigenvalue weighted by Crippen LogP contribution is -2.29. The van der Waals surface area contributed by atoms with Crippen LogP contribution in [-0.4, -0.2) is 44.5 Å². The summed E-state index contributed by atoms with van der Waals surface area (Å²) in [6, 6.07) is 0.0897. The fourth-order valence-electron chi connectivity index (χ4n) is 4.68. The maximum absolute atomic E-state index is 14.2. The van der Waals surface area contributed by atoms with Gasteiger partial charge in [0.15, 0.2) is 10.8 Å². The molecule has 0 radical (unpaired) electrons. The van der Waals surface area contributed by atoms with Crippen molar-refractivity contribution in [3.8, 4) is 0 Å². The van der Waals surface area contributed by atoms with Gasteiger partial charge in [0.25, 0.3) is 5.56 Å². The third-order valence-corrected chi connectivity index (χ3v) is 7.75. The summed E-state index contributed by atoms with van der Waals surface area (Å²) < 4.78 is 16.1. The molecule has 2 atom stereocenters. The molecule has 160 valence electrons. The van der Waals surface area contributed by atoms with E-state index in [2.05, 4.69) is 15.5 Å². The molecule has 2 saturated carbocycles. The average Bonchev–Trinajstić information content (AvgIpc) is 3.29. The fraction of sp³-hybridized carbons (Fsp3) is 0.619. The Bertz CT molecular complexity index is 1120. The minimum atomic E-state index is -1.10. The summed E-state index contributed by atoms with van der Waals surface area (Å²) >= 11 is 1.64. The molecular weight excluding hydrogens is 403 g/mol. The van der Waals surface area contributed by atoms with E-state index < -0.39 is 5.67 Å². The normalized spacial score (nSPS) is 29.1. The molecule has 2 unspecified atom stereocenters. The van der Waals surface area contributed by atoms with Crippen LogP contribution < -0.4 is 10.5 Å². The van der Waals surface area contributed by atoms with Crippen LogP contribution >= 0.6 is 11.3 Å². The van der Waals surface area contributed by atoms with Crippen LogP contribution in [0, 0.1) is 0 Å². The van der Waals surface area contributed by atoms with Gasteiger partial charge in [-0.3, -0.25) is 4.79 Å². The van der Waals surface area contributed by atoms with Gasteiger partial charge in [-0.2, -0.15) is 5.10 Å². The second kappa shape index (κ2) is 7.14. The van der Waals surface area contributed by atoms with E-state index in [4.69, 9.17) is 9.97 Å². The standard InChI is InChI=1S/C21H27FN6OS/c1-21(22)8-6-12(7-9-21)28-18-15(10-23-28)19(29)26-17(25-18)14-5-4-13(14)16-11-30-20(24-16)27(2)3/h10-14H,4-9H2,1-3H3,(H,25,26,29). The van der Waals surface area contributed by atoms with Gasteiger partial charge in [-0.25, -0.2) is 19.0 Å². The number of anilines is 1. The molecule has 2 aliphatic carbocycles. The number of fused-ring (bicyclic) bond motifs is 1. The maximum Gasteiger partial charge on any atom is 0.262 e. The molecule has 5 rings (SSSR count). The molecule has 0 bridgehead atoms. The SMILES string of the molecule is CN(C)c1nc(C2CCC2c2nc3c(cnn3C3CCC(C)(F)CC3)c(=O)[nH]2)cs1. The first-order valence-corrected chi connectivity index (χ1v) is 11.5. The highest BCUT2D eigenvalue weighted by molar-refractivity contribution is 7.13. The maximum atomic E-state index is 14.2. The van der Waals surface area contributed by atoms with Crippen LogP contribution in [-0.2, 0) is 0 Å². The van der Waals surface area contributed by atoms with Crippen molar-refractivity contribution in [1.82, 2.24) is 24.7 Å². The Morgan fingerprint density at radius 2 is 1.93 bits per heavy atom. The van der Waals surface area contributed by atoms with Crippen LogP contribution in [0.15, 0.2) is 16.4 Å². The van der Waals surface area contributed by atoms with Crippen LogP contribution in [0.5, 0.6) is 0 Å². The largest absolute Gasteiger partial charge is 0.354 e. The minimum absolute atomic E-state index is 0.0897. The van der Waals surface area contributed by atoms with E-state index in [-0.39, 0.29) is 23.4 Å². The van der Waals surface area contributed by atoms with E-state index in [1.807, 2.05) is 23.7 Å². The van der Waals surface area contributed by atoms with Crippen molar-refractivity contribution in [2.24, 2.45) is 0 Å². The zero-order valence-corrected chi connectivity index (χ0v) is 18.4. The van der Waals surface area contributed by atoms with Crippen molar-refractivity contribution in [3.05, 3.63) is 33.4 Å². The quantitative estimate of drug-likeness (QED) is 0.673. The number of halogens is 1. The number of thiazole rings is 1. The third kappa shape index (κ3) is 3.33. The van der Waals surface area contributed by atoms with Gasteiger partial charge in [0, 0.05) is 31.3 Å². The number of aromatic amines is 1. The van der Waals surface area contributed by atoms with Gasteiger partial charge >= 0.3 is 0 Å². The highest BCUT2D eigenvalue weighted by atomic mass is 32.1. The molecule has 0 aliphatic heterocycles. The number of nitrogens with zero attached hydrogens (tertiary/aromatic N) is 5. The van der Waals surface area contributed by atoms with Crippen LogP contribution in [0.25, 0.3) is 11.0 Å². The predicted octanol–water partition coefficient (Wildman–Crippen LogP) is 4.15. The van der Waals surface area contributed by atoms with Crippen LogP contribution in [0.3, 0.4) is 0 Å². The predicted molar refractivity (Wildman–Crippen MR) is 116 cm³/mol. The van der Waals surface area contributed by atoms with Gasteiger partial charge in [-0.1, -0.05) is 0 Å². The first kappa shape index (κ1) is 19.7. The minimum Gasteiger partial charge on any atom is -0.354 e. The summed E-state index contributed by atoms with van der Waals surface area (Å²) in [4.78, 5) is 27.4. The number of rotatable bonds is 4. The van der Waals surface area contributed by atoms with Gasteiger partial charge in [0.1, 0.15) is 16.9 Å². The highest BCUT2D eigenvalue weighted by Crippen LogP contribution is 2.48. The zero-order valence-electron chi connectivity index (χ0n) is 17.6. The molecule has 3 heterocycles. The summed E-state index contributed by atoms with van der Waals surface area (Å²) in [5.74, 6) is 1.15. The lowest BCUT2D eigenvalue weighted by Gasteiger charge is -2.34. The van der Waals surface area contributed by atoms with Gasteiger partial charge in [-0.15, -0.1) is 11.3 Å². The second-order valence-corrected chi connectivity index (χ2v) is 10.00. The molecule has 2 fully saturated rings. The van der Waals surface area contributed by atoms with Gasteiger partial charge in [0.05, 0.1) is 17.9 Å². The molecule has 9 heteroatoms. The number of aromatic nitrogens is 5. The monoisotopic (exact) mass is 430 g/mol. The second-order valence-electron chi connectivity index (χ2n) is 9.16. The summed E-state index contributed by atoms with van der Waals surface area (Å²) in [6.07, 6.45) is 6.06. The van der Waals surface area contributed by atoms with Crippen molar-refractivity contribution >= 4 is 27.5 Å². The summed E-state index contributed by atoms with van der Waals surface area (Å²) in [5.41, 5.74) is 0.447. The van der Waals surface area contributed by atoms with Gasteiger partial charge in [-0.05, 0) is 45.4 Å². The molecule has 0 amide bonds.